The fourth-order valence-electron chi connectivity index (χ4n) is 1.19. The van der Waals surface area contributed by atoms with Gasteiger partial charge in [-0.1, -0.05) is 43.1 Å². The van der Waals surface area contributed by atoms with E-state index in [4.69, 9.17) is 22.9 Å². The quantitative estimate of drug-likeness (QED) is 0.621. The molecule has 0 heterocycles. The van der Waals surface area contributed by atoms with E-state index in [-0.39, 0.29) is 11.4 Å². The Hall–Kier alpha value is 0.342. The molecule has 0 spiro atoms. The second-order valence-corrected chi connectivity index (χ2v) is 10.4. The van der Waals surface area contributed by atoms with Crippen LogP contribution < -0.4 is 0 Å². The number of hydrogen-bond donors (Lipinski definition) is 0. The van der Waals surface area contributed by atoms with Crippen LogP contribution in [0.3, 0.4) is 0 Å². The van der Waals surface area contributed by atoms with Crippen LogP contribution in [0, 0.1) is 0 Å². The third-order valence-electron chi connectivity index (χ3n) is 2.03. The normalized spacial score (nSPS) is 22.8. The van der Waals surface area contributed by atoms with Gasteiger partial charge in [0, 0.05) is 5.82 Å². The molecule has 0 nitrogen and oxygen atoms in total. The molecular weight excluding hydrogens is 206 g/mol. The van der Waals surface area contributed by atoms with Crippen LogP contribution in [0.5, 0.6) is 0 Å². The van der Waals surface area contributed by atoms with Crippen molar-refractivity contribution in [3.63, 3.8) is 0 Å². The van der Waals surface area contributed by atoms with Crippen LogP contribution in [0.2, 0.25) is 25.5 Å². The lowest BCUT2D eigenvalue weighted by atomic mass is 9.86. The Bertz CT molecular complexity index is 228. The molecule has 0 aliphatic heterocycles. The number of halogens is 2. The summed E-state index contributed by atoms with van der Waals surface area (Å²) in [6, 6.07) is 0. The van der Waals surface area contributed by atoms with Crippen LogP contribution in [-0.4, -0.2) is 13.6 Å². The van der Waals surface area contributed by atoms with Gasteiger partial charge in [-0.2, -0.15) is 22.9 Å². The fourth-order valence-corrected chi connectivity index (χ4v) is 2.79. The first kappa shape index (κ1) is 10.4. The molecule has 1 aliphatic carbocycles. The van der Waals surface area contributed by atoms with Gasteiger partial charge in [-0.05, 0) is 0 Å². The van der Waals surface area contributed by atoms with Gasteiger partial charge in [0.05, 0.1) is 8.07 Å². The largest absolute Gasteiger partial charge is 0.362 e. The molecule has 66 valence electrons. The van der Waals surface area contributed by atoms with E-state index in [0.717, 1.165) is 0 Å². The highest BCUT2D eigenvalue weighted by molar-refractivity contribution is 7.34. The molecule has 0 aromatic carbocycles. The van der Waals surface area contributed by atoms with Gasteiger partial charge in [0.1, 0.15) is 0 Å². The Morgan fingerprint density at radius 1 is 1.33 bits per heavy atom. The molecule has 4 heteroatoms. The molecule has 1 unspecified atom stereocenters. The maximum atomic E-state index is 5.78. The van der Waals surface area contributed by atoms with Crippen molar-refractivity contribution in [2.24, 2.45) is 0 Å². The summed E-state index contributed by atoms with van der Waals surface area (Å²) in [6.45, 7) is 6.97. The molecule has 1 atom stereocenters. The minimum Gasteiger partial charge on any atom is -0.170 e. The topological polar surface area (TPSA) is 0 Å². The van der Waals surface area contributed by atoms with Gasteiger partial charge < -0.3 is 0 Å². The standard InChI is InChI=1S/C8H13BCl2Si/c1-12(2,3)8-5-4-7(6-8)9(10)11/h4-7H,1-3H3. The Morgan fingerprint density at radius 3 is 2.17 bits per heavy atom. The van der Waals surface area contributed by atoms with Gasteiger partial charge in [0.2, 0.25) is 0 Å². The van der Waals surface area contributed by atoms with Crippen molar-refractivity contribution < 1.29 is 0 Å². The van der Waals surface area contributed by atoms with Crippen molar-refractivity contribution in [3.05, 3.63) is 23.4 Å². The van der Waals surface area contributed by atoms with Crippen molar-refractivity contribution in [1.82, 2.24) is 0 Å². The number of rotatable bonds is 2. The Balaban J connectivity index is 2.75. The van der Waals surface area contributed by atoms with Crippen LogP contribution >= 0.6 is 22.9 Å². The monoisotopic (exact) mass is 218 g/mol. The molecule has 0 fully saturated rings. The molecule has 0 amide bonds. The van der Waals surface area contributed by atoms with E-state index in [1.165, 1.54) is 5.20 Å². The molecule has 1 rings (SSSR count). The Morgan fingerprint density at radius 2 is 1.92 bits per heavy atom. The van der Waals surface area contributed by atoms with Crippen molar-refractivity contribution >= 4 is 36.5 Å². The van der Waals surface area contributed by atoms with Gasteiger partial charge >= 0.3 is 5.54 Å². The molecule has 0 radical (unpaired) electrons. The minimum atomic E-state index is -1.15. The Labute approximate surface area is 85.6 Å². The lowest BCUT2D eigenvalue weighted by molar-refractivity contribution is 1.40. The second kappa shape index (κ2) is 3.61. The van der Waals surface area contributed by atoms with Crippen LogP contribution in [0.1, 0.15) is 0 Å². The maximum absolute atomic E-state index is 5.78. The summed E-state index contributed by atoms with van der Waals surface area (Å²) in [6.07, 6.45) is 6.48. The average Bonchev–Trinajstić information content (AvgIpc) is 2.30. The van der Waals surface area contributed by atoms with Crippen LogP contribution in [0.15, 0.2) is 23.4 Å². The summed E-state index contributed by atoms with van der Waals surface area (Å²) in [4.78, 5) is 0. The van der Waals surface area contributed by atoms with E-state index in [9.17, 15) is 0 Å². The molecule has 1 aliphatic rings. The molecule has 12 heavy (non-hydrogen) atoms. The third-order valence-corrected chi connectivity index (χ3v) is 4.67. The van der Waals surface area contributed by atoms with E-state index >= 15 is 0 Å². The number of allylic oxidation sites excluding steroid dienone is 4. The van der Waals surface area contributed by atoms with Crippen LogP contribution in [-0.2, 0) is 0 Å². The molecule has 0 saturated carbocycles. The average molecular weight is 219 g/mol. The van der Waals surface area contributed by atoms with Gasteiger partial charge in [0.25, 0.3) is 0 Å². The van der Waals surface area contributed by atoms with Crippen molar-refractivity contribution in [2.75, 3.05) is 0 Å². The van der Waals surface area contributed by atoms with Gasteiger partial charge in [-0.15, -0.1) is 0 Å². The highest BCUT2D eigenvalue weighted by Crippen LogP contribution is 2.31. The summed E-state index contributed by atoms with van der Waals surface area (Å²) in [5, 5.41) is 1.46. The fraction of sp³-hybridized carbons (Fsp3) is 0.500. The predicted octanol–water partition coefficient (Wildman–Crippen LogP) is 3.70. The second-order valence-electron chi connectivity index (χ2n) is 4.14. The van der Waals surface area contributed by atoms with Crippen molar-refractivity contribution in [2.45, 2.75) is 25.5 Å². The molecule has 0 N–H and O–H groups in total. The van der Waals surface area contributed by atoms with E-state index in [1.807, 2.05) is 0 Å². The van der Waals surface area contributed by atoms with Crippen LogP contribution in [0.25, 0.3) is 0 Å². The number of hydrogen-bond acceptors (Lipinski definition) is 0. The smallest absolute Gasteiger partial charge is 0.170 e. The van der Waals surface area contributed by atoms with Gasteiger partial charge in [-0.25, -0.2) is 0 Å². The maximum Gasteiger partial charge on any atom is 0.362 e. The summed E-state index contributed by atoms with van der Waals surface area (Å²) in [5.41, 5.74) is -0.296. The first-order valence-electron chi connectivity index (χ1n) is 4.10. The molecule has 0 saturated heterocycles. The summed E-state index contributed by atoms with van der Waals surface area (Å²) < 4.78 is 0. The summed E-state index contributed by atoms with van der Waals surface area (Å²) in [7, 11) is -1.15. The van der Waals surface area contributed by atoms with E-state index in [1.54, 1.807) is 0 Å². The van der Waals surface area contributed by atoms with E-state index < -0.39 is 8.07 Å². The van der Waals surface area contributed by atoms with Gasteiger partial charge in [-0.3, -0.25) is 0 Å². The predicted molar refractivity (Wildman–Crippen MR) is 61.8 cm³/mol. The van der Waals surface area contributed by atoms with Crippen LogP contribution in [0.4, 0.5) is 0 Å². The summed E-state index contributed by atoms with van der Waals surface area (Å²) >= 11 is 11.6. The molecule has 0 aromatic heterocycles. The lowest BCUT2D eigenvalue weighted by Crippen LogP contribution is -2.22. The zero-order valence-electron chi connectivity index (χ0n) is 7.64. The van der Waals surface area contributed by atoms with Gasteiger partial charge in [0.15, 0.2) is 0 Å². The molecule has 0 bridgehead atoms. The van der Waals surface area contributed by atoms with Crippen molar-refractivity contribution in [3.8, 4) is 0 Å². The first-order chi connectivity index (χ1) is 5.41. The first-order valence-corrected chi connectivity index (χ1v) is 8.47. The zero-order valence-corrected chi connectivity index (χ0v) is 10.2. The highest BCUT2D eigenvalue weighted by atomic mass is 35.5. The molecular formula is C8H13BCl2Si. The highest BCUT2D eigenvalue weighted by Gasteiger charge is 2.26. The lowest BCUT2D eigenvalue weighted by Gasteiger charge is -2.15. The van der Waals surface area contributed by atoms with E-state index in [0.29, 0.717) is 0 Å². The molecule has 0 aromatic rings. The van der Waals surface area contributed by atoms with E-state index in [2.05, 4.69) is 37.9 Å². The minimum absolute atomic E-state index is 0.232. The SMILES string of the molecule is C[Si](C)(C)C1=CC(B(Cl)Cl)C=C1. The summed E-state index contributed by atoms with van der Waals surface area (Å²) in [5.74, 6) is 0.232. The van der Waals surface area contributed by atoms with Crippen molar-refractivity contribution in [1.29, 1.82) is 0 Å². The third kappa shape index (κ3) is 2.41. The zero-order chi connectivity index (χ0) is 9.35. The Kier molecular flexibility index (Phi) is 3.13.